The number of allylic oxidation sites excluding steroid dienone is 5. The van der Waals surface area contributed by atoms with Crippen LogP contribution in [-0.2, 0) is 9.53 Å². The Labute approximate surface area is 145 Å². The fourth-order valence-electron chi connectivity index (χ4n) is 3.88. The van der Waals surface area contributed by atoms with Crippen molar-refractivity contribution < 1.29 is 9.53 Å². The molecule has 0 aliphatic heterocycles. The molecule has 1 saturated carbocycles. The van der Waals surface area contributed by atoms with Gasteiger partial charge in [0, 0.05) is 5.03 Å². The summed E-state index contributed by atoms with van der Waals surface area (Å²) < 4.78 is 5.50. The first-order valence-electron chi connectivity index (χ1n) is 8.60. The van der Waals surface area contributed by atoms with E-state index in [-0.39, 0.29) is 11.4 Å². The van der Waals surface area contributed by atoms with Gasteiger partial charge in [-0.25, -0.2) is 0 Å². The predicted molar refractivity (Wildman–Crippen MR) is 96.3 cm³/mol. The first-order valence-corrected chi connectivity index (χ1v) is 8.98. The summed E-state index contributed by atoms with van der Waals surface area (Å²) in [5, 5.41) is 0.883. The molecule has 0 spiro atoms. The minimum Gasteiger partial charge on any atom is -0.465 e. The number of carbonyl (C=O) groups is 1. The molecule has 23 heavy (non-hydrogen) atoms. The van der Waals surface area contributed by atoms with E-state index in [4.69, 9.17) is 16.3 Å². The van der Waals surface area contributed by atoms with E-state index < -0.39 is 5.41 Å². The second-order valence-corrected chi connectivity index (χ2v) is 8.25. The molecule has 0 bridgehead atoms. The second kappa shape index (κ2) is 6.84. The Kier molecular flexibility index (Phi) is 5.45. The maximum Gasteiger partial charge on any atom is 0.316 e. The molecule has 2 unspecified atom stereocenters. The van der Waals surface area contributed by atoms with Gasteiger partial charge in [0.15, 0.2) is 0 Å². The fourth-order valence-corrected chi connectivity index (χ4v) is 4.10. The largest absolute Gasteiger partial charge is 0.465 e. The van der Waals surface area contributed by atoms with E-state index in [1.54, 1.807) is 0 Å². The zero-order valence-electron chi connectivity index (χ0n) is 15.0. The summed E-state index contributed by atoms with van der Waals surface area (Å²) >= 11 is 6.31. The summed E-state index contributed by atoms with van der Waals surface area (Å²) in [4.78, 5) is 12.9. The van der Waals surface area contributed by atoms with E-state index >= 15 is 0 Å². The zero-order chi connectivity index (χ0) is 17.3. The normalized spacial score (nSPS) is 29.0. The molecule has 0 aromatic carbocycles. The molecule has 0 saturated heterocycles. The Hall–Kier alpha value is -1.02. The number of ether oxygens (including phenoxy) is 1. The Morgan fingerprint density at radius 3 is 2.65 bits per heavy atom. The van der Waals surface area contributed by atoms with Crippen molar-refractivity contribution in [1.29, 1.82) is 0 Å². The number of fused-ring (bicyclic) bond motifs is 1. The minimum atomic E-state index is -0.526. The lowest BCUT2D eigenvalue weighted by atomic mass is 9.53. The van der Waals surface area contributed by atoms with Gasteiger partial charge >= 0.3 is 5.97 Å². The molecule has 0 heterocycles. The van der Waals surface area contributed by atoms with Crippen molar-refractivity contribution in [3.63, 3.8) is 0 Å². The van der Waals surface area contributed by atoms with E-state index in [0.29, 0.717) is 12.5 Å². The van der Waals surface area contributed by atoms with Gasteiger partial charge in [-0.15, -0.1) is 0 Å². The summed E-state index contributed by atoms with van der Waals surface area (Å²) in [5.74, 6) is 0.236. The smallest absolute Gasteiger partial charge is 0.316 e. The quantitative estimate of drug-likeness (QED) is 0.480. The maximum atomic E-state index is 12.9. The molecule has 0 aromatic rings. The maximum absolute atomic E-state index is 12.9. The van der Waals surface area contributed by atoms with Gasteiger partial charge in [-0.2, -0.15) is 0 Å². The fraction of sp³-hybridized carbons (Fsp3) is 0.650. The van der Waals surface area contributed by atoms with Gasteiger partial charge < -0.3 is 4.74 Å². The molecule has 2 atom stereocenters. The number of halogens is 1. The van der Waals surface area contributed by atoms with Crippen LogP contribution in [0.1, 0.15) is 60.3 Å². The highest BCUT2D eigenvalue weighted by Gasteiger charge is 2.53. The van der Waals surface area contributed by atoms with Crippen molar-refractivity contribution in [3.05, 3.63) is 34.4 Å². The molecule has 0 amide bonds. The zero-order valence-corrected chi connectivity index (χ0v) is 15.8. The van der Waals surface area contributed by atoms with Crippen molar-refractivity contribution >= 4 is 17.6 Å². The Balaban J connectivity index is 2.51. The monoisotopic (exact) mass is 336 g/mol. The van der Waals surface area contributed by atoms with Crippen molar-refractivity contribution in [2.24, 2.45) is 16.7 Å². The molecule has 2 nitrogen and oxygen atoms in total. The molecule has 1 fully saturated rings. The third-order valence-corrected chi connectivity index (χ3v) is 5.72. The number of carbonyl (C=O) groups excluding carboxylic acids is 1. The molecule has 0 N–H and O–H groups in total. The topological polar surface area (TPSA) is 26.3 Å². The molecular formula is C20H29ClO2. The third kappa shape index (κ3) is 3.57. The molecular weight excluding hydrogens is 308 g/mol. The number of esters is 1. The average molecular weight is 337 g/mol. The highest BCUT2D eigenvalue weighted by molar-refractivity contribution is 6.29. The van der Waals surface area contributed by atoms with E-state index in [1.807, 2.05) is 13.0 Å². The van der Waals surface area contributed by atoms with Crippen LogP contribution in [0.4, 0.5) is 0 Å². The first kappa shape index (κ1) is 18.3. The molecule has 0 aromatic heterocycles. The predicted octanol–water partition coefficient (Wildman–Crippen LogP) is 5.78. The highest BCUT2D eigenvalue weighted by atomic mass is 35.5. The molecule has 2 aliphatic carbocycles. The average Bonchev–Trinajstić information content (AvgIpc) is 2.47. The van der Waals surface area contributed by atoms with Crippen LogP contribution in [0.3, 0.4) is 0 Å². The summed E-state index contributed by atoms with van der Waals surface area (Å²) in [6.45, 7) is 11.0. The van der Waals surface area contributed by atoms with E-state index in [2.05, 4.69) is 39.8 Å². The van der Waals surface area contributed by atoms with Crippen LogP contribution in [-0.4, -0.2) is 12.6 Å². The van der Waals surface area contributed by atoms with Gasteiger partial charge in [-0.05, 0) is 69.4 Å². The summed E-state index contributed by atoms with van der Waals surface area (Å²) in [6, 6.07) is 0. The molecule has 2 aliphatic rings. The Morgan fingerprint density at radius 1 is 1.35 bits per heavy atom. The van der Waals surface area contributed by atoms with E-state index in [1.165, 1.54) is 11.1 Å². The van der Waals surface area contributed by atoms with Crippen LogP contribution >= 0.6 is 11.6 Å². The SMILES string of the molecule is CCOC(=O)C1(CC=C(C)C)CCC(C)(C)C2CC(Cl)=CC=C21. The van der Waals surface area contributed by atoms with Gasteiger partial charge in [0.2, 0.25) is 0 Å². The van der Waals surface area contributed by atoms with Gasteiger partial charge in [-0.3, -0.25) is 4.79 Å². The molecule has 0 radical (unpaired) electrons. The van der Waals surface area contributed by atoms with Crippen LogP contribution in [0.5, 0.6) is 0 Å². The number of rotatable bonds is 4. The lowest BCUT2D eigenvalue weighted by molar-refractivity contribution is -0.155. The summed E-state index contributed by atoms with van der Waals surface area (Å²) in [7, 11) is 0. The Morgan fingerprint density at radius 2 is 2.04 bits per heavy atom. The van der Waals surface area contributed by atoms with Crippen LogP contribution < -0.4 is 0 Å². The standard InChI is InChI=1S/C20H29ClO2/c1-6-23-18(22)20(10-9-14(2)3)12-11-19(4,5)17-13-15(21)7-8-16(17)20/h7-9,17H,6,10-13H2,1-5H3. The van der Waals surface area contributed by atoms with Gasteiger partial charge in [0.05, 0.1) is 12.0 Å². The van der Waals surface area contributed by atoms with Crippen LogP contribution in [0.15, 0.2) is 34.4 Å². The van der Waals surface area contributed by atoms with Crippen molar-refractivity contribution in [1.82, 2.24) is 0 Å². The number of hydrogen-bond acceptors (Lipinski definition) is 2. The molecule has 3 heteroatoms. The van der Waals surface area contributed by atoms with Gasteiger partial charge in [0.1, 0.15) is 0 Å². The van der Waals surface area contributed by atoms with Crippen LogP contribution in [0, 0.1) is 16.7 Å². The molecule has 128 valence electrons. The van der Waals surface area contributed by atoms with Gasteiger partial charge in [-0.1, -0.05) is 43.2 Å². The second-order valence-electron chi connectivity index (χ2n) is 7.77. The summed E-state index contributed by atoms with van der Waals surface area (Å²) in [6.07, 6.45) is 9.63. The lowest BCUT2D eigenvalue weighted by Crippen LogP contribution is -2.46. The lowest BCUT2D eigenvalue weighted by Gasteiger charge is -2.50. The Bertz CT molecular complexity index is 564. The van der Waals surface area contributed by atoms with Crippen LogP contribution in [0.2, 0.25) is 0 Å². The van der Waals surface area contributed by atoms with Crippen molar-refractivity contribution in [2.75, 3.05) is 6.61 Å². The van der Waals surface area contributed by atoms with Gasteiger partial charge in [0.25, 0.3) is 0 Å². The minimum absolute atomic E-state index is 0.0735. The van der Waals surface area contributed by atoms with Crippen molar-refractivity contribution in [2.45, 2.75) is 60.3 Å². The highest BCUT2D eigenvalue weighted by Crippen LogP contribution is 2.58. The van der Waals surface area contributed by atoms with Crippen LogP contribution in [0.25, 0.3) is 0 Å². The van der Waals surface area contributed by atoms with E-state index in [0.717, 1.165) is 30.7 Å². The first-order chi connectivity index (χ1) is 10.7. The van der Waals surface area contributed by atoms with E-state index in [9.17, 15) is 4.79 Å². The third-order valence-electron chi connectivity index (χ3n) is 5.44. The number of hydrogen-bond donors (Lipinski definition) is 0. The van der Waals surface area contributed by atoms with Crippen molar-refractivity contribution in [3.8, 4) is 0 Å². The summed E-state index contributed by atoms with van der Waals surface area (Å²) in [5.41, 5.74) is 2.08. The molecule has 2 rings (SSSR count).